The van der Waals surface area contributed by atoms with Crippen LogP contribution in [0.4, 0.5) is 11.6 Å². The molecule has 6 heteroatoms. The molecule has 1 unspecified atom stereocenters. The third-order valence-corrected chi connectivity index (χ3v) is 4.22. The normalized spacial score (nSPS) is 19.3. The SMILES string of the molecule is CCCNc1nc(NCC2CCCN2C)c(Cl)cc1Cl. The minimum Gasteiger partial charge on any atom is -0.369 e. The Morgan fingerprint density at radius 1 is 1.30 bits per heavy atom. The predicted molar refractivity (Wildman–Crippen MR) is 87.2 cm³/mol. The molecule has 1 aromatic rings. The van der Waals surface area contributed by atoms with E-state index in [2.05, 4.69) is 34.5 Å². The lowest BCUT2D eigenvalue weighted by molar-refractivity contribution is 0.322. The smallest absolute Gasteiger partial charge is 0.147 e. The molecule has 1 aromatic heterocycles. The highest BCUT2D eigenvalue weighted by molar-refractivity contribution is 6.37. The summed E-state index contributed by atoms with van der Waals surface area (Å²) >= 11 is 12.3. The highest BCUT2D eigenvalue weighted by Crippen LogP contribution is 2.29. The molecular weight excluding hydrogens is 295 g/mol. The number of halogens is 2. The maximum absolute atomic E-state index is 6.21. The van der Waals surface area contributed by atoms with Gasteiger partial charge in [0.15, 0.2) is 0 Å². The molecule has 0 aromatic carbocycles. The molecule has 4 nitrogen and oxygen atoms in total. The van der Waals surface area contributed by atoms with Crippen molar-refractivity contribution in [2.24, 2.45) is 0 Å². The number of hydrogen-bond acceptors (Lipinski definition) is 4. The van der Waals surface area contributed by atoms with Gasteiger partial charge in [0.05, 0.1) is 10.0 Å². The molecular formula is C14H22Cl2N4. The van der Waals surface area contributed by atoms with Crippen LogP contribution in [0.25, 0.3) is 0 Å². The number of hydrogen-bond donors (Lipinski definition) is 2. The Kier molecular flexibility index (Phi) is 5.75. The quantitative estimate of drug-likeness (QED) is 0.839. The fourth-order valence-corrected chi connectivity index (χ4v) is 2.90. The third-order valence-electron chi connectivity index (χ3n) is 3.65. The molecule has 20 heavy (non-hydrogen) atoms. The lowest BCUT2D eigenvalue weighted by Gasteiger charge is -2.20. The molecule has 112 valence electrons. The van der Waals surface area contributed by atoms with E-state index in [1.807, 2.05) is 0 Å². The Labute approximate surface area is 130 Å². The maximum atomic E-state index is 6.21. The van der Waals surface area contributed by atoms with Gasteiger partial charge in [-0.05, 0) is 38.9 Å². The molecule has 1 saturated heterocycles. The second-order valence-electron chi connectivity index (χ2n) is 5.23. The average Bonchev–Trinajstić information content (AvgIpc) is 2.82. The van der Waals surface area contributed by atoms with Crippen molar-refractivity contribution in [3.8, 4) is 0 Å². The zero-order valence-corrected chi connectivity index (χ0v) is 13.6. The van der Waals surface area contributed by atoms with E-state index in [0.29, 0.717) is 27.7 Å². The first-order chi connectivity index (χ1) is 9.61. The lowest BCUT2D eigenvalue weighted by Crippen LogP contribution is -2.31. The van der Waals surface area contributed by atoms with Crippen molar-refractivity contribution >= 4 is 34.8 Å². The van der Waals surface area contributed by atoms with E-state index in [1.54, 1.807) is 6.07 Å². The van der Waals surface area contributed by atoms with E-state index >= 15 is 0 Å². The van der Waals surface area contributed by atoms with Crippen LogP contribution < -0.4 is 10.6 Å². The Hall–Kier alpha value is -0.710. The van der Waals surface area contributed by atoms with E-state index < -0.39 is 0 Å². The maximum Gasteiger partial charge on any atom is 0.147 e. The largest absolute Gasteiger partial charge is 0.369 e. The summed E-state index contributed by atoms with van der Waals surface area (Å²) in [4.78, 5) is 6.86. The number of anilines is 2. The zero-order valence-electron chi connectivity index (χ0n) is 12.0. The van der Waals surface area contributed by atoms with Gasteiger partial charge in [0, 0.05) is 19.1 Å². The highest BCUT2D eigenvalue weighted by atomic mass is 35.5. The van der Waals surface area contributed by atoms with Crippen LogP contribution in [-0.2, 0) is 0 Å². The number of likely N-dealkylation sites (tertiary alicyclic amines) is 1. The number of aromatic nitrogens is 1. The van der Waals surface area contributed by atoms with Crippen LogP contribution in [0.3, 0.4) is 0 Å². The standard InChI is InChI=1S/C14H22Cl2N4/c1-3-6-17-13-11(15)8-12(16)14(19-13)18-9-10-5-4-7-20(10)2/h8,10H,3-7,9H2,1-2H3,(H2,17,18,19). The van der Waals surface area contributed by atoms with Crippen LogP contribution in [0, 0.1) is 0 Å². The van der Waals surface area contributed by atoms with Crippen molar-refractivity contribution in [2.45, 2.75) is 32.2 Å². The van der Waals surface area contributed by atoms with Crippen LogP contribution in [-0.4, -0.2) is 42.6 Å². The van der Waals surface area contributed by atoms with E-state index in [4.69, 9.17) is 23.2 Å². The summed E-state index contributed by atoms with van der Waals surface area (Å²) < 4.78 is 0. The minimum absolute atomic E-state index is 0.551. The zero-order chi connectivity index (χ0) is 14.5. The first-order valence-corrected chi connectivity index (χ1v) is 7.91. The highest BCUT2D eigenvalue weighted by Gasteiger charge is 2.21. The molecule has 1 atom stereocenters. The Morgan fingerprint density at radius 2 is 2.00 bits per heavy atom. The fourth-order valence-electron chi connectivity index (χ4n) is 2.41. The van der Waals surface area contributed by atoms with Crippen LogP contribution in [0.15, 0.2) is 6.07 Å². The van der Waals surface area contributed by atoms with Crippen LogP contribution in [0.2, 0.25) is 10.0 Å². The van der Waals surface area contributed by atoms with Gasteiger partial charge in [-0.2, -0.15) is 0 Å². The van der Waals surface area contributed by atoms with E-state index in [9.17, 15) is 0 Å². The molecule has 0 spiro atoms. The Balaban J connectivity index is 2.02. The van der Waals surface area contributed by atoms with Gasteiger partial charge >= 0.3 is 0 Å². The first-order valence-electron chi connectivity index (χ1n) is 7.15. The van der Waals surface area contributed by atoms with E-state index in [0.717, 1.165) is 26.1 Å². The third kappa shape index (κ3) is 3.90. The summed E-state index contributed by atoms with van der Waals surface area (Å²) in [5.74, 6) is 1.40. The van der Waals surface area contributed by atoms with Crippen molar-refractivity contribution in [1.82, 2.24) is 9.88 Å². The van der Waals surface area contributed by atoms with E-state index in [1.165, 1.54) is 12.8 Å². The molecule has 0 bridgehead atoms. The van der Waals surface area contributed by atoms with Gasteiger partial charge < -0.3 is 15.5 Å². The second kappa shape index (κ2) is 7.34. The van der Waals surface area contributed by atoms with Gasteiger partial charge in [0.2, 0.25) is 0 Å². The number of likely N-dealkylation sites (N-methyl/N-ethyl adjacent to an activating group) is 1. The molecule has 2 N–H and O–H groups in total. The number of nitrogens with zero attached hydrogens (tertiary/aromatic N) is 2. The van der Waals surface area contributed by atoms with Crippen molar-refractivity contribution < 1.29 is 0 Å². The molecule has 1 aliphatic heterocycles. The molecule has 0 radical (unpaired) electrons. The van der Waals surface area contributed by atoms with E-state index in [-0.39, 0.29) is 0 Å². The van der Waals surface area contributed by atoms with Crippen molar-refractivity contribution in [3.63, 3.8) is 0 Å². The summed E-state index contributed by atoms with van der Waals surface area (Å²) in [5, 5.41) is 7.69. The Morgan fingerprint density at radius 3 is 2.60 bits per heavy atom. The van der Waals surface area contributed by atoms with Gasteiger partial charge in [-0.3, -0.25) is 0 Å². The molecule has 2 heterocycles. The van der Waals surface area contributed by atoms with Crippen LogP contribution >= 0.6 is 23.2 Å². The molecule has 1 fully saturated rings. The number of nitrogens with one attached hydrogen (secondary N) is 2. The first kappa shape index (κ1) is 15.7. The van der Waals surface area contributed by atoms with Gasteiger partial charge in [0.1, 0.15) is 11.6 Å². The summed E-state index contributed by atoms with van der Waals surface area (Å²) in [7, 11) is 2.16. The second-order valence-corrected chi connectivity index (χ2v) is 6.05. The topological polar surface area (TPSA) is 40.2 Å². The van der Waals surface area contributed by atoms with Gasteiger partial charge in [0.25, 0.3) is 0 Å². The van der Waals surface area contributed by atoms with Gasteiger partial charge in [-0.15, -0.1) is 0 Å². The predicted octanol–water partition coefficient (Wildman–Crippen LogP) is 3.72. The Bertz CT molecular complexity index is 453. The van der Waals surface area contributed by atoms with Crippen molar-refractivity contribution in [1.29, 1.82) is 0 Å². The molecule has 1 aliphatic rings. The number of pyridine rings is 1. The summed E-state index contributed by atoms with van der Waals surface area (Å²) in [6, 6.07) is 2.30. The monoisotopic (exact) mass is 316 g/mol. The van der Waals surface area contributed by atoms with Gasteiger partial charge in [-0.1, -0.05) is 30.1 Å². The van der Waals surface area contributed by atoms with Crippen molar-refractivity contribution in [2.75, 3.05) is 37.3 Å². The molecule has 0 amide bonds. The van der Waals surface area contributed by atoms with Gasteiger partial charge in [-0.25, -0.2) is 4.98 Å². The average molecular weight is 317 g/mol. The number of rotatable bonds is 6. The van der Waals surface area contributed by atoms with Crippen LogP contribution in [0.5, 0.6) is 0 Å². The summed E-state index contributed by atoms with van der Waals surface area (Å²) in [6.07, 6.45) is 3.50. The van der Waals surface area contributed by atoms with Crippen LogP contribution in [0.1, 0.15) is 26.2 Å². The summed E-state index contributed by atoms with van der Waals surface area (Å²) in [6.45, 7) is 4.97. The fraction of sp³-hybridized carbons (Fsp3) is 0.643. The molecule has 2 rings (SSSR count). The summed E-state index contributed by atoms with van der Waals surface area (Å²) in [5.41, 5.74) is 0. The van der Waals surface area contributed by atoms with Crippen molar-refractivity contribution in [3.05, 3.63) is 16.1 Å². The molecule has 0 saturated carbocycles. The molecule has 0 aliphatic carbocycles. The minimum atomic E-state index is 0.551. The lowest BCUT2D eigenvalue weighted by atomic mass is 10.2.